The molecule has 0 spiro atoms. The van der Waals surface area contributed by atoms with Gasteiger partial charge >= 0.3 is 41.7 Å². The zero-order chi connectivity index (χ0) is 4.28. The average molecular weight is 207 g/mol. The molecule has 0 nitrogen and oxygen atoms in total. The second-order valence-corrected chi connectivity index (χ2v) is 6.21. The van der Waals surface area contributed by atoms with Crippen molar-refractivity contribution in [3.05, 3.63) is 0 Å². The van der Waals surface area contributed by atoms with Gasteiger partial charge in [0.25, 0.3) is 0 Å². The number of hydrogen-bond acceptors (Lipinski definition) is 0. The molecule has 0 aliphatic rings. The van der Waals surface area contributed by atoms with Crippen molar-refractivity contribution < 1.29 is 0 Å². The van der Waals surface area contributed by atoms with Gasteiger partial charge in [-0.25, -0.2) is 0 Å². The minimum absolute atomic E-state index is 1.01. The van der Waals surface area contributed by atoms with Gasteiger partial charge in [-0.05, 0) is 0 Å². The van der Waals surface area contributed by atoms with Crippen molar-refractivity contribution in [3.63, 3.8) is 0 Å². The average Bonchev–Trinajstić information content (AvgIpc) is 1.38. The maximum absolute atomic E-state index is 6.93. The van der Waals surface area contributed by atoms with Crippen molar-refractivity contribution in [2.45, 2.75) is 0 Å². The molecule has 0 radical (unpaired) electrons. The molecule has 0 amide bonds. The number of hydrogen-bond donors (Lipinski definition) is 0. The third-order valence-electron chi connectivity index (χ3n) is 0.0891. The van der Waals surface area contributed by atoms with Crippen molar-refractivity contribution in [1.29, 1.82) is 0.594 Å². The molecule has 26 valence electrons. The Morgan fingerprint density at radius 2 is 2.50 bits per heavy atom. The van der Waals surface area contributed by atoms with Gasteiger partial charge in [-0.2, -0.15) is 0 Å². The van der Waals surface area contributed by atoms with Gasteiger partial charge in [0, 0.05) is 0 Å². The van der Waals surface area contributed by atoms with Crippen molar-refractivity contribution in [1.82, 2.24) is 0 Å². The van der Waals surface area contributed by atoms with Gasteiger partial charge < -0.3 is 0 Å². The first kappa shape index (κ1) is 3.83. The van der Waals surface area contributed by atoms with Crippen LogP contribution in [0.25, 0.3) is 0 Å². The summed E-state index contributed by atoms with van der Waals surface area (Å²) >= 11 is -1.15. The molecule has 0 bridgehead atoms. The van der Waals surface area contributed by atoms with E-state index in [2.05, 4.69) is 16.0 Å². The molecule has 0 aliphatic carbocycles. The molecule has 0 heterocycles. The Bertz CT molecular complexity index is 23.6. The van der Waals surface area contributed by atoms with E-state index in [4.69, 9.17) is 0.594 Å². The van der Waals surface area contributed by atoms with Crippen molar-refractivity contribution >= 4 is 41.1 Å². The molecule has 0 N–H and O–H groups in total. The molecule has 2 atom stereocenters. The zero-order valence-corrected chi connectivity index (χ0v) is 6.71. The molecule has 0 aromatic rings. The monoisotopic (exact) mass is 207 g/mol. The van der Waals surface area contributed by atoms with E-state index in [0.29, 0.717) is 0 Å². The third-order valence-corrected chi connectivity index (χ3v) is 5.38. The SMILES string of the molecule is [2H]I(P)BP. The van der Waals surface area contributed by atoms with Crippen LogP contribution in [0.3, 0.4) is 0 Å². The third kappa shape index (κ3) is 3.65. The van der Waals surface area contributed by atoms with E-state index in [9.17, 15) is 0 Å². The molecule has 2 unspecified atom stereocenters. The molecule has 0 aromatic carbocycles. The van der Waals surface area contributed by atoms with Gasteiger partial charge in [0.05, 0.1) is 0 Å². The van der Waals surface area contributed by atoms with E-state index in [1.165, 1.54) is 0 Å². The summed E-state index contributed by atoms with van der Waals surface area (Å²) in [4.78, 5) is 1.01. The van der Waals surface area contributed by atoms with E-state index >= 15 is 0 Å². The molecule has 4 heavy (non-hydrogen) atoms. The van der Waals surface area contributed by atoms with Crippen LogP contribution in [0.1, 0.15) is 0 Å². The maximum atomic E-state index is 6.93. The summed E-state index contributed by atoms with van der Waals surface area (Å²) in [6.07, 6.45) is 0. The first-order valence-electron chi connectivity index (χ1n) is 1.27. The minimum atomic E-state index is -1.15. The Hall–Kier alpha value is 1.65. The molecule has 0 fully saturated rings. The number of halogens is 1. The molecule has 0 rings (SSSR count). The van der Waals surface area contributed by atoms with Crippen LogP contribution in [0.5, 0.6) is 0 Å². The van der Waals surface area contributed by atoms with Crippen LogP contribution in [0, 0.1) is 0 Å². The second-order valence-electron chi connectivity index (χ2n) is 0.309. The molecule has 0 aliphatic heterocycles. The quantitative estimate of drug-likeness (QED) is 0.335. The Morgan fingerprint density at radius 3 is 2.50 bits per heavy atom. The Morgan fingerprint density at radius 1 is 2.25 bits per heavy atom. The summed E-state index contributed by atoms with van der Waals surface area (Å²) in [5.41, 5.74) is 0. The van der Waals surface area contributed by atoms with E-state index in [1.807, 2.05) is 0 Å². The Kier molecular flexibility index (Phi) is 4.46. The first-order valence-corrected chi connectivity index (χ1v) is 7.41. The fraction of sp³-hybridized carbons (Fsp3) is 0. The molecule has 0 saturated carbocycles. The van der Waals surface area contributed by atoms with Crippen LogP contribution < -0.4 is 0 Å². The van der Waals surface area contributed by atoms with E-state index < -0.39 is 20.2 Å². The molecular formula is H6BIP2. The summed E-state index contributed by atoms with van der Waals surface area (Å²) in [6, 6.07) is 0. The van der Waals surface area contributed by atoms with Crippen LogP contribution in [0.2, 0.25) is 0 Å². The predicted molar refractivity (Wildman–Crippen MR) is 42.0 cm³/mol. The van der Waals surface area contributed by atoms with Crippen LogP contribution in [-0.2, 0) is 0 Å². The second kappa shape index (κ2) is 4.65. The van der Waals surface area contributed by atoms with Gasteiger partial charge in [-0.1, -0.05) is 0 Å². The topological polar surface area (TPSA) is 0 Å². The fourth-order valence-corrected chi connectivity index (χ4v) is 0. The molecule has 4 heteroatoms. The summed E-state index contributed by atoms with van der Waals surface area (Å²) in [7, 11) is 2.56. The van der Waals surface area contributed by atoms with Crippen molar-refractivity contribution in [2.24, 2.45) is 0 Å². The van der Waals surface area contributed by atoms with Crippen LogP contribution in [0.4, 0.5) is 0 Å². The van der Waals surface area contributed by atoms with Gasteiger partial charge in [0.2, 0.25) is 0 Å². The zero-order valence-electron chi connectivity index (χ0n) is 3.24. The van der Waals surface area contributed by atoms with E-state index in [-0.39, 0.29) is 0 Å². The Labute approximate surface area is 41.9 Å². The summed E-state index contributed by atoms with van der Waals surface area (Å²) < 4.78 is 6.93. The summed E-state index contributed by atoms with van der Waals surface area (Å²) in [6.45, 7) is 2.54. The van der Waals surface area contributed by atoms with E-state index in [1.54, 1.807) is 0 Å². The summed E-state index contributed by atoms with van der Waals surface area (Å²) in [5, 5.41) is 0. The van der Waals surface area contributed by atoms with Gasteiger partial charge in [0.1, 0.15) is 0 Å². The molecule has 0 aromatic heterocycles. The van der Waals surface area contributed by atoms with Crippen LogP contribution in [0.15, 0.2) is 0 Å². The normalized spacial score (nSPS) is 13.5. The summed E-state index contributed by atoms with van der Waals surface area (Å²) in [5.74, 6) is 0. The van der Waals surface area contributed by atoms with Crippen LogP contribution >= 0.6 is 36.2 Å². The van der Waals surface area contributed by atoms with Gasteiger partial charge in [-0.15, -0.1) is 0 Å². The fourth-order valence-electron chi connectivity index (χ4n) is 0. The predicted octanol–water partition coefficient (Wildman–Crippen LogP) is 0.621. The molecular weight excluding hydrogens is 200 g/mol. The van der Waals surface area contributed by atoms with Crippen LogP contribution in [-0.4, -0.2) is 5.45 Å². The molecule has 0 saturated heterocycles. The van der Waals surface area contributed by atoms with E-state index in [0.717, 1.165) is 4.86 Å². The Balaban J connectivity index is 2.54. The first-order chi connectivity index (χ1) is 2.27. The van der Waals surface area contributed by atoms with Crippen molar-refractivity contribution in [2.75, 3.05) is 0 Å². The number of rotatable bonds is 1. The van der Waals surface area contributed by atoms with Gasteiger partial charge in [0.15, 0.2) is 0 Å². The van der Waals surface area contributed by atoms with Crippen molar-refractivity contribution in [3.8, 4) is 0 Å². The standard InChI is InChI=1S/BH6IP2/c3-1-2-4/h1-2H,3-4H2/i2D. The van der Waals surface area contributed by atoms with Gasteiger partial charge in [-0.3, -0.25) is 0 Å².